The number of hydrogen-bond acceptors (Lipinski definition) is 3. The van der Waals surface area contributed by atoms with E-state index in [2.05, 4.69) is 45.0 Å². The van der Waals surface area contributed by atoms with Crippen LogP contribution in [0.25, 0.3) is 0 Å². The van der Waals surface area contributed by atoms with Crippen molar-refractivity contribution in [2.45, 2.75) is 57.7 Å². The van der Waals surface area contributed by atoms with Gasteiger partial charge in [-0.2, -0.15) is 0 Å². The Bertz CT molecular complexity index is 563. The van der Waals surface area contributed by atoms with Gasteiger partial charge in [0.1, 0.15) is 0 Å². The van der Waals surface area contributed by atoms with Crippen molar-refractivity contribution in [3.05, 3.63) is 35.9 Å². The highest BCUT2D eigenvalue weighted by molar-refractivity contribution is 6.47. The van der Waals surface area contributed by atoms with Gasteiger partial charge in [0.05, 0.1) is 11.7 Å². The third-order valence-corrected chi connectivity index (χ3v) is 6.63. The molecule has 4 aliphatic rings. The van der Waals surface area contributed by atoms with E-state index in [1.807, 2.05) is 6.07 Å². The van der Waals surface area contributed by atoms with E-state index in [0.717, 1.165) is 18.8 Å². The molecular formula is C18H26BNO2. The largest absolute Gasteiger partial charge is 0.475 e. The average molecular weight is 299 g/mol. The average Bonchev–Trinajstić information content (AvgIpc) is 2.85. The first kappa shape index (κ1) is 14.7. The predicted molar refractivity (Wildman–Crippen MR) is 88.2 cm³/mol. The first-order valence-electron chi connectivity index (χ1n) is 8.54. The number of rotatable bonds is 3. The van der Waals surface area contributed by atoms with Gasteiger partial charge in [-0.25, -0.2) is 0 Å². The Morgan fingerprint density at radius 3 is 2.64 bits per heavy atom. The predicted octanol–water partition coefficient (Wildman–Crippen LogP) is 2.82. The van der Waals surface area contributed by atoms with Crippen LogP contribution in [-0.4, -0.2) is 24.8 Å². The number of hydrogen-bond donors (Lipinski definition) is 1. The zero-order valence-electron chi connectivity index (χ0n) is 13.8. The molecular weight excluding hydrogens is 273 g/mol. The van der Waals surface area contributed by atoms with Crippen molar-refractivity contribution in [3.8, 4) is 0 Å². The normalized spacial score (nSPS) is 40.0. The topological polar surface area (TPSA) is 44.5 Å². The maximum atomic E-state index is 6.43. The molecule has 22 heavy (non-hydrogen) atoms. The maximum absolute atomic E-state index is 6.43. The minimum absolute atomic E-state index is 0.106. The van der Waals surface area contributed by atoms with Crippen molar-refractivity contribution in [3.63, 3.8) is 0 Å². The van der Waals surface area contributed by atoms with Gasteiger partial charge in [-0.05, 0) is 49.0 Å². The third kappa shape index (κ3) is 2.00. The molecule has 3 aliphatic carbocycles. The lowest BCUT2D eigenvalue weighted by Crippen LogP contribution is -2.65. The Kier molecular flexibility index (Phi) is 3.23. The van der Waals surface area contributed by atoms with Crippen LogP contribution in [0.2, 0.25) is 0 Å². The Morgan fingerprint density at radius 2 is 1.95 bits per heavy atom. The van der Waals surface area contributed by atoms with Crippen LogP contribution in [0.15, 0.2) is 30.3 Å². The zero-order valence-corrected chi connectivity index (χ0v) is 13.8. The van der Waals surface area contributed by atoms with Gasteiger partial charge in [-0.15, -0.1) is 0 Å². The SMILES string of the molecule is CC1(C)[C@@H]2CC3OB([C@@H](N)Cc4ccccc4)O[C@@]3(C)[C@H]1C2. The lowest BCUT2D eigenvalue weighted by atomic mass is 9.43. The molecule has 5 atom stereocenters. The van der Waals surface area contributed by atoms with E-state index in [9.17, 15) is 0 Å². The van der Waals surface area contributed by atoms with Crippen LogP contribution in [-0.2, 0) is 15.7 Å². The monoisotopic (exact) mass is 299 g/mol. The minimum atomic E-state index is -0.273. The second-order valence-electron chi connectivity index (χ2n) is 8.19. The summed E-state index contributed by atoms with van der Waals surface area (Å²) in [5.74, 6) is 1.27. The lowest BCUT2D eigenvalue weighted by Gasteiger charge is -2.64. The Labute approximate surface area is 133 Å². The molecule has 1 heterocycles. The highest BCUT2D eigenvalue weighted by Gasteiger charge is 2.68. The van der Waals surface area contributed by atoms with Crippen molar-refractivity contribution < 1.29 is 9.31 Å². The molecule has 118 valence electrons. The van der Waals surface area contributed by atoms with Crippen LogP contribution in [0, 0.1) is 17.3 Å². The smallest absolute Gasteiger partial charge is 0.404 e. The van der Waals surface area contributed by atoms with Gasteiger partial charge in [-0.1, -0.05) is 44.2 Å². The number of benzene rings is 1. The van der Waals surface area contributed by atoms with E-state index in [1.54, 1.807) is 0 Å². The molecule has 3 nitrogen and oxygen atoms in total. The van der Waals surface area contributed by atoms with Crippen LogP contribution < -0.4 is 5.73 Å². The van der Waals surface area contributed by atoms with E-state index in [1.165, 1.54) is 12.0 Å². The van der Waals surface area contributed by atoms with Gasteiger partial charge in [0.2, 0.25) is 0 Å². The van der Waals surface area contributed by atoms with Crippen molar-refractivity contribution in [1.29, 1.82) is 0 Å². The van der Waals surface area contributed by atoms with Gasteiger partial charge < -0.3 is 15.0 Å². The quantitative estimate of drug-likeness (QED) is 0.873. The number of nitrogens with two attached hydrogens (primary N) is 1. The molecule has 4 heteroatoms. The van der Waals surface area contributed by atoms with Gasteiger partial charge in [0, 0.05) is 5.94 Å². The van der Waals surface area contributed by atoms with Gasteiger partial charge in [0.15, 0.2) is 0 Å². The fraction of sp³-hybridized carbons (Fsp3) is 0.667. The van der Waals surface area contributed by atoms with Crippen molar-refractivity contribution in [1.82, 2.24) is 0 Å². The molecule has 2 N–H and O–H groups in total. The second-order valence-corrected chi connectivity index (χ2v) is 8.19. The van der Waals surface area contributed by atoms with Crippen LogP contribution in [0.1, 0.15) is 39.2 Å². The van der Waals surface area contributed by atoms with E-state index < -0.39 is 0 Å². The molecule has 0 spiro atoms. The summed E-state index contributed by atoms with van der Waals surface area (Å²) in [7, 11) is -0.273. The third-order valence-electron chi connectivity index (χ3n) is 6.63. The van der Waals surface area contributed by atoms with Crippen LogP contribution in [0.4, 0.5) is 0 Å². The summed E-state index contributed by atoms with van der Waals surface area (Å²) in [5.41, 5.74) is 7.87. The van der Waals surface area contributed by atoms with E-state index in [-0.39, 0.29) is 24.8 Å². The molecule has 1 aliphatic heterocycles. The standard InChI is InChI=1S/C18H26BNO2/c1-17(2)13-10-14(17)18(3)15(11-13)21-19(22-18)16(20)9-12-7-5-4-6-8-12/h4-8,13-16H,9-11,20H2,1-3H3/t13-,14-,15?,16-,18-/m0/s1. The molecule has 1 unspecified atom stereocenters. The molecule has 1 aromatic carbocycles. The van der Waals surface area contributed by atoms with Crippen molar-refractivity contribution >= 4 is 7.12 Å². The summed E-state index contributed by atoms with van der Waals surface area (Å²) in [4.78, 5) is 0. The van der Waals surface area contributed by atoms with Crippen molar-refractivity contribution in [2.24, 2.45) is 23.0 Å². The molecule has 1 aromatic rings. The van der Waals surface area contributed by atoms with E-state index in [4.69, 9.17) is 15.0 Å². The first-order valence-corrected chi connectivity index (χ1v) is 8.54. The van der Waals surface area contributed by atoms with Crippen molar-refractivity contribution in [2.75, 3.05) is 0 Å². The first-order chi connectivity index (χ1) is 10.4. The van der Waals surface area contributed by atoms with Gasteiger partial charge >= 0.3 is 7.12 Å². The van der Waals surface area contributed by atoms with Crippen LogP contribution in [0.5, 0.6) is 0 Å². The molecule has 5 rings (SSSR count). The summed E-state index contributed by atoms with van der Waals surface area (Å²) in [5, 5.41) is 0. The maximum Gasteiger partial charge on any atom is 0.475 e. The van der Waals surface area contributed by atoms with Gasteiger partial charge in [-0.3, -0.25) is 0 Å². The highest BCUT2D eigenvalue weighted by Crippen LogP contribution is 2.65. The highest BCUT2D eigenvalue weighted by atomic mass is 16.7. The van der Waals surface area contributed by atoms with E-state index in [0.29, 0.717) is 11.3 Å². The molecule has 0 amide bonds. The summed E-state index contributed by atoms with van der Waals surface area (Å²) >= 11 is 0. The molecule has 1 saturated heterocycles. The fourth-order valence-corrected chi connectivity index (χ4v) is 5.06. The molecule has 0 radical (unpaired) electrons. The molecule has 2 bridgehead atoms. The summed E-state index contributed by atoms with van der Waals surface area (Å²) in [6.07, 6.45) is 3.42. The van der Waals surface area contributed by atoms with Gasteiger partial charge in [0.25, 0.3) is 0 Å². The summed E-state index contributed by atoms with van der Waals surface area (Å²) in [6.45, 7) is 7.01. The second kappa shape index (κ2) is 4.83. The molecule has 0 aromatic heterocycles. The molecule has 3 saturated carbocycles. The Morgan fingerprint density at radius 1 is 1.23 bits per heavy atom. The summed E-state index contributed by atoms with van der Waals surface area (Å²) in [6, 6.07) is 10.4. The molecule has 4 fully saturated rings. The Balaban J connectivity index is 1.48. The fourth-order valence-electron chi connectivity index (χ4n) is 5.06. The summed E-state index contributed by atoms with van der Waals surface area (Å²) < 4.78 is 12.7. The van der Waals surface area contributed by atoms with Crippen LogP contribution >= 0.6 is 0 Å². The van der Waals surface area contributed by atoms with Crippen LogP contribution in [0.3, 0.4) is 0 Å². The zero-order chi connectivity index (χ0) is 15.5. The van der Waals surface area contributed by atoms with E-state index >= 15 is 0 Å². The Hall–Kier alpha value is -0.835. The minimum Gasteiger partial charge on any atom is -0.404 e. The lowest BCUT2D eigenvalue weighted by molar-refractivity contribution is -0.199.